The molecule has 0 aliphatic carbocycles. The van der Waals surface area contributed by atoms with E-state index in [2.05, 4.69) is 4.98 Å². The summed E-state index contributed by atoms with van der Waals surface area (Å²) in [6.07, 6.45) is 0.711. The van der Waals surface area contributed by atoms with Crippen molar-refractivity contribution in [1.82, 2.24) is 9.88 Å². The average Bonchev–Trinajstić information content (AvgIpc) is 3.42. The van der Waals surface area contributed by atoms with Crippen LogP contribution in [0.5, 0.6) is 5.75 Å². The number of nitrogens with zero attached hydrogens (tertiary/aromatic N) is 2. The highest BCUT2D eigenvalue weighted by Crippen LogP contribution is 2.34. The molecule has 10 heteroatoms. The number of aromatic nitrogens is 1. The van der Waals surface area contributed by atoms with Crippen LogP contribution in [0, 0.1) is 0 Å². The lowest BCUT2D eigenvalue weighted by atomic mass is 10.0. The molecule has 5 rings (SSSR count). The molecule has 0 bridgehead atoms. The molecule has 2 amide bonds. The molecule has 3 heterocycles. The number of nitrogens with one attached hydrogen (secondary N) is 1. The number of aromatic amines is 1. The zero-order valence-corrected chi connectivity index (χ0v) is 20.1. The Labute approximate surface area is 206 Å². The molecule has 2 aliphatic rings. The highest BCUT2D eigenvalue weighted by atomic mass is 16.5. The lowest BCUT2D eigenvalue weighted by Crippen LogP contribution is -2.44. The summed E-state index contributed by atoms with van der Waals surface area (Å²) in [7, 11) is 4.05. The SMILES string of the molecule is COC(=O)c1cc(C(=O)OC)cc(N2C(=O)C[C@@H](N3CCc4c([nH]c5ccc(OC)cc45)C3)C2=O)c1. The van der Waals surface area contributed by atoms with E-state index in [1.165, 1.54) is 38.0 Å². The number of anilines is 1. The first kappa shape index (κ1) is 23.6. The number of carbonyl (C=O) groups is 4. The Morgan fingerprint density at radius 2 is 1.67 bits per heavy atom. The molecule has 1 fully saturated rings. The minimum atomic E-state index is -0.698. The van der Waals surface area contributed by atoms with Crippen LogP contribution in [0.25, 0.3) is 10.9 Å². The second kappa shape index (κ2) is 9.12. The minimum Gasteiger partial charge on any atom is -0.497 e. The third-order valence-corrected chi connectivity index (χ3v) is 6.79. The summed E-state index contributed by atoms with van der Waals surface area (Å²) < 4.78 is 14.9. The van der Waals surface area contributed by atoms with Crippen LogP contribution in [0.3, 0.4) is 0 Å². The molecule has 1 saturated heterocycles. The van der Waals surface area contributed by atoms with Crippen molar-refractivity contribution in [1.29, 1.82) is 0 Å². The number of H-pyrrole nitrogens is 1. The first-order valence-corrected chi connectivity index (χ1v) is 11.4. The molecule has 3 aromatic rings. The fraction of sp³-hybridized carbons (Fsp3) is 0.308. The second-order valence-corrected chi connectivity index (χ2v) is 8.75. The first-order valence-electron chi connectivity index (χ1n) is 11.4. The Bertz CT molecular complexity index is 1380. The van der Waals surface area contributed by atoms with Gasteiger partial charge >= 0.3 is 11.9 Å². The molecule has 186 valence electrons. The molecule has 0 saturated carbocycles. The van der Waals surface area contributed by atoms with Crippen molar-refractivity contribution in [2.75, 3.05) is 32.8 Å². The molecule has 1 atom stereocenters. The van der Waals surface area contributed by atoms with E-state index in [4.69, 9.17) is 14.2 Å². The van der Waals surface area contributed by atoms with Crippen molar-refractivity contribution in [3.05, 3.63) is 58.8 Å². The van der Waals surface area contributed by atoms with Crippen molar-refractivity contribution in [2.24, 2.45) is 0 Å². The number of methoxy groups -OCH3 is 3. The van der Waals surface area contributed by atoms with Crippen LogP contribution < -0.4 is 9.64 Å². The summed E-state index contributed by atoms with van der Waals surface area (Å²) in [5, 5.41) is 1.09. The van der Waals surface area contributed by atoms with Gasteiger partial charge in [-0.05, 0) is 48.4 Å². The van der Waals surface area contributed by atoms with Gasteiger partial charge in [-0.25, -0.2) is 14.5 Å². The summed E-state index contributed by atoms with van der Waals surface area (Å²) >= 11 is 0. The Morgan fingerprint density at radius 1 is 0.972 bits per heavy atom. The van der Waals surface area contributed by atoms with Crippen LogP contribution in [0.4, 0.5) is 5.69 Å². The molecular weight excluding hydrogens is 466 g/mol. The quantitative estimate of drug-likeness (QED) is 0.427. The zero-order chi connectivity index (χ0) is 25.6. The van der Waals surface area contributed by atoms with Gasteiger partial charge in [-0.15, -0.1) is 0 Å². The number of hydrogen-bond acceptors (Lipinski definition) is 8. The van der Waals surface area contributed by atoms with Crippen LogP contribution in [0.1, 0.15) is 38.4 Å². The van der Waals surface area contributed by atoms with Gasteiger partial charge in [0.15, 0.2) is 0 Å². The summed E-state index contributed by atoms with van der Waals surface area (Å²) in [5.74, 6) is -1.43. The van der Waals surface area contributed by atoms with Gasteiger partial charge in [-0.1, -0.05) is 0 Å². The van der Waals surface area contributed by atoms with Crippen LogP contribution >= 0.6 is 0 Å². The van der Waals surface area contributed by atoms with Crippen LogP contribution in [0.15, 0.2) is 36.4 Å². The van der Waals surface area contributed by atoms with Gasteiger partial charge in [0.05, 0.1) is 50.6 Å². The number of imide groups is 1. The van der Waals surface area contributed by atoms with E-state index in [-0.39, 0.29) is 23.2 Å². The molecule has 10 nitrogen and oxygen atoms in total. The Kier molecular flexibility index (Phi) is 5.97. The van der Waals surface area contributed by atoms with Crippen molar-refractivity contribution in [3.63, 3.8) is 0 Å². The fourth-order valence-electron chi connectivity index (χ4n) is 5.02. The number of hydrogen-bond donors (Lipinski definition) is 1. The van der Waals surface area contributed by atoms with Gasteiger partial charge in [0.1, 0.15) is 5.75 Å². The highest BCUT2D eigenvalue weighted by Gasteiger charge is 2.44. The summed E-state index contributed by atoms with van der Waals surface area (Å²) in [5.41, 5.74) is 3.39. The highest BCUT2D eigenvalue weighted by molar-refractivity contribution is 6.23. The van der Waals surface area contributed by atoms with E-state index >= 15 is 0 Å². The van der Waals surface area contributed by atoms with Gasteiger partial charge in [-0.2, -0.15) is 0 Å². The van der Waals surface area contributed by atoms with Gasteiger partial charge < -0.3 is 19.2 Å². The zero-order valence-electron chi connectivity index (χ0n) is 20.1. The van der Waals surface area contributed by atoms with Crippen molar-refractivity contribution < 1.29 is 33.4 Å². The maximum Gasteiger partial charge on any atom is 0.337 e. The minimum absolute atomic E-state index is 0.00176. The Balaban J connectivity index is 1.44. The van der Waals surface area contributed by atoms with E-state index in [1.807, 2.05) is 23.1 Å². The topological polar surface area (TPSA) is 118 Å². The van der Waals surface area contributed by atoms with E-state index in [0.29, 0.717) is 19.5 Å². The fourth-order valence-corrected chi connectivity index (χ4v) is 5.02. The third-order valence-electron chi connectivity index (χ3n) is 6.79. The Hall–Kier alpha value is -4.18. The number of esters is 2. The molecule has 0 radical (unpaired) electrons. The molecule has 0 unspecified atom stereocenters. The van der Waals surface area contributed by atoms with E-state index in [9.17, 15) is 19.2 Å². The van der Waals surface area contributed by atoms with Crippen LogP contribution in [-0.4, -0.2) is 67.6 Å². The van der Waals surface area contributed by atoms with E-state index in [1.54, 1.807) is 7.11 Å². The monoisotopic (exact) mass is 491 g/mol. The number of ether oxygens (including phenoxy) is 3. The second-order valence-electron chi connectivity index (χ2n) is 8.75. The van der Waals surface area contributed by atoms with Crippen LogP contribution in [-0.2, 0) is 32.0 Å². The third kappa shape index (κ3) is 3.89. The predicted octanol–water partition coefficient (Wildman–Crippen LogP) is 2.44. The summed E-state index contributed by atoms with van der Waals surface area (Å²) in [6, 6.07) is 9.25. The van der Waals surface area contributed by atoms with Gasteiger partial charge in [0, 0.05) is 29.7 Å². The number of rotatable bonds is 5. The maximum absolute atomic E-state index is 13.5. The van der Waals surface area contributed by atoms with Crippen molar-refractivity contribution >= 4 is 40.3 Å². The number of benzene rings is 2. The first-order chi connectivity index (χ1) is 17.3. The predicted molar refractivity (Wildman–Crippen MR) is 129 cm³/mol. The Morgan fingerprint density at radius 3 is 2.31 bits per heavy atom. The lowest BCUT2D eigenvalue weighted by molar-refractivity contribution is -0.123. The smallest absolute Gasteiger partial charge is 0.337 e. The largest absolute Gasteiger partial charge is 0.497 e. The summed E-state index contributed by atoms with van der Waals surface area (Å²) in [4.78, 5) is 57.3. The average molecular weight is 492 g/mol. The van der Waals surface area contributed by atoms with Gasteiger partial charge in [0.25, 0.3) is 5.91 Å². The number of carbonyl (C=O) groups excluding carboxylic acids is 4. The molecule has 0 spiro atoms. The molecular formula is C26H25N3O7. The van der Waals surface area contributed by atoms with Crippen LogP contribution in [0.2, 0.25) is 0 Å². The molecule has 1 aromatic heterocycles. The van der Waals surface area contributed by atoms with E-state index in [0.717, 1.165) is 27.2 Å². The summed E-state index contributed by atoms with van der Waals surface area (Å²) in [6.45, 7) is 1.09. The lowest BCUT2D eigenvalue weighted by Gasteiger charge is -2.30. The molecule has 2 aliphatic heterocycles. The van der Waals surface area contributed by atoms with Gasteiger partial charge in [-0.3, -0.25) is 14.5 Å². The van der Waals surface area contributed by atoms with Crippen molar-refractivity contribution in [3.8, 4) is 5.75 Å². The maximum atomic E-state index is 13.5. The molecule has 36 heavy (non-hydrogen) atoms. The van der Waals surface area contributed by atoms with E-state index < -0.39 is 29.8 Å². The molecule has 1 N–H and O–H groups in total. The standard InChI is InChI=1S/C26H25N3O7/c1-34-17-4-5-20-19(11-17)18-6-7-28(13-21(18)27-20)22-12-23(30)29(24(22)31)16-9-14(25(32)35-2)8-15(10-16)26(33)36-3/h4-5,8-11,22,27H,6-7,12-13H2,1-3H3/t22-/m1/s1. The normalized spacial score (nSPS) is 17.9. The van der Waals surface area contributed by atoms with Gasteiger partial charge in [0.2, 0.25) is 5.91 Å². The van der Waals surface area contributed by atoms with Crippen molar-refractivity contribution in [2.45, 2.75) is 25.4 Å². The molecule has 2 aromatic carbocycles. The number of fused-ring (bicyclic) bond motifs is 3. The number of amides is 2.